The summed E-state index contributed by atoms with van der Waals surface area (Å²) >= 11 is 0. The zero-order chi connectivity index (χ0) is 58.5. The van der Waals surface area contributed by atoms with Gasteiger partial charge in [0.25, 0.3) is 0 Å². The summed E-state index contributed by atoms with van der Waals surface area (Å²) in [7, 11) is 0. The number of ether oxygens (including phenoxy) is 3. The normalized spacial score (nSPS) is 13.0. The van der Waals surface area contributed by atoms with E-state index in [0.29, 0.717) is 19.3 Å². The first-order chi connectivity index (χ1) is 40.0. The number of hydrogen-bond acceptors (Lipinski definition) is 6. The first kappa shape index (κ1) is 76.5. The van der Waals surface area contributed by atoms with Crippen molar-refractivity contribution in [1.29, 1.82) is 0 Å². The number of esters is 3. The largest absolute Gasteiger partial charge is 0.462 e. The molecule has 6 nitrogen and oxygen atoms in total. The van der Waals surface area contributed by atoms with Gasteiger partial charge in [-0.2, -0.15) is 0 Å². The van der Waals surface area contributed by atoms with E-state index in [2.05, 4.69) is 154 Å². The molecule has 1 unspecified atom stereocenters. The van der Waals surface area contributed by atoms with E-state index >= 15 is 0 Å². The second-order valence-corrected chi connectivity index (χ2v) is 22.0. The van der Waals surface area contributed by atoms with Gasteiger partial charge in [-0.1, -0.05) is 302 Å². The standard InChI is InChI=1S/C75H124O6/c1-4-7-10-13-16-18-20-22-24-26-28-30-32-34-35-36-37-38-39-41-42-44-46-48-50-52-54-56-59-62-65-68-74(77)80-71-72(70-79-73(76)67-64-61-58-15-12-9-6-3)81-75(78)69-66-63-60-57-55-53-51-49-47-45-43-40-33-31-29-27-25-23-21-19-17-14-11-8-5-2/h7-8,10-11,16-19,22-25,28-31,34-35,37-38,41-42,72H,4-6,9,12-15,20-21,26-27,32-33,36,39-40,43-71H2,1-3H3/b10-7-,11-8-,18-16-,19-17-,24-22-,25-23-,30-28-,31-29-,35-34-,38-37-,42-41-. The Kier molecular flexibility index (Phi) is 64.3. The Bertz CT molecular complexity index is 1720. The smallest absolute Gasteiger partial charge is 0.306 e. The molecule has 0 bridgehead atoms. The van der Waals surface area contributed by atoms with Gasteiger partial charge in [0.2, 0.25) is 0 Å². The van der Waals surface area contributed by atoms with Gasteiger partial charge in [0.05, 0.1) is 0 Å². The molecule has 0 radical (unpaired) electrons. The zero-order valence-electron chi connectivity index (χ0n) is 52.8. The van der Waals surface area contributed by atoms with Crippen molar-refractivity contribution in [2.75, 3.05) is 13.2 Å². The van der Waals surface area contributed by atoms with Crippen molar-refractivity contribution in [1.82, 2.24) is 0 Å². The van der Waals surface area contributed by atoms with E-state index in [1.54, 1.807) is 0 Å². The molecule has 0 saturated heterocycles. The lowest BCUT2D eigenvalue weighted by Gasteiger charge is -2.18. The van der Waals surface area contributed by atoms with Crippen LogP contribution >= 0.6 is 0 Å². The van der Waals surface area contributed by atoms with Crippen LogP contribution < -0.4 is 0 Å². The van der Waals surface area contributed by atoms with Gasteiger partial charge in [0, 0.05) is 19.3 Å². The molecule has 1 atom stereocenters. The first-order valence-electron chi connectivity index (χ1n) is 33.7. The molecule has 0 rings (SSSR count). The van der Waals surface area contributed by atoms with E-state index < -0.39 is 6.10 Å². The molecule has 0 aromatic carbocycles. The summed E-state index contributed by atoms with van der Waals surface area (Å²) < 4.78 is 16.9. The minimum atomic E-state index is -0.783. The van der Waals surface area contributed by atoms with Crippen LogP contribution in [0.3, 0.4) is 0 Å². The monoisotopic (exact) mass is 1120 g/mol. The average Bonchev–Trinajstić information content (AvgIpc) is 3.46. The summed E-state index contributed by atoms with van der Waals surface area (Å²) in [4.78, 5) is 38.2. The summed E-state index contributed by atoms with van der Waals surface area (Å²) in [6, 6.07) is 0. The van der Waals surface area contributed by atoms with Crippen LogP contribution in [0, 0.1) is 0 Å². The molecule has 0 aromatic rings. The highest BCUT2D eigenvalue weighted by atomic mass is 16.6. The van der Waals surface area contributed by atoms with Crippen LogP contribution in [-0.2, 0) is 28.6 Å². The summed E-state index contributed by atoms with van der Waals surface area (Å²) in [6.45, 7) is 6.38. The van der Waals surface area contributed by atoms with E-state index in [1.807, 2.05) is 0 Å². The summed E-state index contributed by atoms with van der Waals surface area (Å²) in [5.41, 5.74) is 0. The third-order valence-corrected chi connectivity index (χ3v) is 14.2. The van der Waals surface area contributed by atoms with E-state index in [0.717, 1.165) is 135 Å². The Morgan fingerprint density at radius 3 is 0.753 bits per heavy atom. The second-order valence-electron chi connectivity index (χ2n) is 22.0. The van der Waals surface area contributed by atoms with Crippen LogP contribution in [0.5, 0.6) is 0 Å². The van der Waals surface area contributed by atoms with Crippen molar-refractivity contribution in [3.63, 3.8) is 0 Å². The third kappa shape index (κ3) is 66.2. The Hall–Kier alpha value is -4.45. The predicted octanol–water partition coefficient (Wildman–Crippen LogP) is 23.3. The number of unbranched alkanes of at least 4 members (excludes halogenated alkanes) is 27. The molecule has 0 amide bonds. The van der Waals surface area contributed by atoms with Gasteiger partial charge in [0.15, 0.2) is 6.10 Å². The quantitative estimate of drug-likeness (QED) is 0.0261. The summed E-state index contributed by atoms with van der Waals surface area (Å²) in [5.74, 6) is -0.891. The summed E-state index contributed by atoms with van der Waals surface area (Å²) in [5, 5.41) is 0. The fourth-order valence-electron chi connectivity index (χ4n) is 9.18. The maximum absolute atomic E-state index is 12.9. The first-order valence-corrected chi connectivity index (χ1v) is 33.7. The molecular weight excluding hydrogens is 997 g/mol. The molecule has 6 heteroatoms. The third-order valence-electron chi connectivity index (χ3n) is 14.2. The van der Waals surface area contributed by atoms with Gasteiger partial charge in [-0.3, -0.25) is 14.4 Å². The van der Waals surface area contributed by atoms with Crippen LogP contribution in [0.2, 0.25) is 0 Å². The van der Waals surface area contributed by atoms with Crippen LogP contribution in [0.15, 0.2) is 134 Å². The number of carbonyl (C=O) groups excluding carboxylic acids is 3. The van der Waals surface area contributed by atoms with Crippen LogP contribution in [-0.4, -0.2) is 37.2 Å². The molecule has 0 spiro atoms. The predicted molar refractivity (Wildman–Crippen MR) is 353 cm³/mol. The highest BCUT2D eigenvalue weighted by molar-refractivity contribution is 5.71. The lowest BCUT2D eigenvalue weighted by atomic mass is 10.0. The molecular formula is C75H124O6. The Balaban J connectivity index is 4.14. The van der Waals surface area contributed by atoms with Gasteiger partial charge in [-0.15, -0.1) is 0 Å². The molecule has 0 fully saturated rings. The van der Waals surface area contributed by atoms with Gasteiger partial charge in [-0.25, -0.2) is 0 Å². The Labute approximate surface area is 500 Å². The highest BCUT2D eigenvalue weighted by Crippen LogP contribution is 2.16. The lowest BCUT2D eigenvalue weighted by molar-refractivity contribution is -0.167. The van der Waals surface area contributed by atoms with Crippen LogP contribution in [0.1, 0.15) is 303 Å². The minimum Gasteiger partial charge on any atom is -0.462 e. The lowest BCUT2D eigenvalue weighted by Crippen LogP contribution is -2.30. The molecule has 0 aromatic heterocycles. The number of carbonyl (C=O) groups is 3. The SMILES string of the molecule is CC/C=C\C/C=C\C/C=C\C/C=C\C/C=C\C/C=C\C/C=C\CCCCCCCCCCCC(=O)OCC(COC(=O)CCCCCCCCC)OC(=O)CCCCCCCCCCCCCC/C=C\C/C=C\C/C=C\C/C=C\CC. The highest BCUT2D eigenvalue weighted by Gasteiger charge is 2.19. The van der Waals surface area contributed by atoms with E-state index in [4.69, 9.17) is 14.2 Å². The van der Waals surface area contributed by atoms with Crippen LogP contribution in [0.25, 0.3) is 0 Å². The van der Waals surface area contributed by atoms with Crippen LogP contribution in [0.4, 0.5) is 0 Å². The molecule has 0 saturated carbocycles. The van der Waals surface area contributed by atoms with Gasteiger partial charge in [-0.05, 0) is 116 Å². The van der Waals surface area contributed by atoms with Gasteiger partial charge >= 0.3 is 17.9 Å². The number of allylic oxidation sites excluding steroid dienone is 22. The maximum atomic E-state index is 12.9. The Morgan fingerprint density at radius 2 is 0.481 bits per heavy atom. The topological polar surface area (TPSA) is 78.9 Å². The Morgan fingerprint density at radius 1 is 0.259 bits per heavy atom. The van der Waals surface area contributed by atoms with Crippen molar-refractivity contribution >= 4 is 17.9 Å². The van der Waals surface area contributed by atoms with Crippen molar-refractivity contribution in [2.24, 2.45) is 0 Å². The van der Waals surface area contributed by atoms with E-state index in [9.17, 15) is 14.4 Å². The number of hydrogen-bond donors (Lipinski definition) is 0. The molecule has 0 heterocycles. The molecule has 0 aliphatic heterocycles. The maximum Gasteiger partial charge on any atom is 0.306 e. The fourth-order valence-corrected chi connectivity index (χ4v) is 9.18. The minimum absolute atomic E-state index is 0.0812. The zero-order valence-corrected chi connectivity index (χ0v) is 52.8. The molecule has 0 aliphatic carbocycles. The summed E-state index contributed by atoms with van der Waals surface area (Å²) in [6.07, 6.45) is 96.3. The fraction of sp³-hybridized carbons (Fsp3) is 0.667. The van der Waals surface area contributed by atoms with Gasteiger partial charge < -0.3 is 14.2 Å². The second kappa shape index (κ2) is 68.1. The van der Waals surface area contributed by atoms with Crippen molar-refractivity contribution in [2.45, 2.75) is 309 Å². The van der Waals surface area contributed by atoms with Crippen molar-refractivity contribution < 1.29 is 28.6 Å². The molecule has 0 N–H and O–H groups in total. The van der Waals surface area contributed by atoms with E-state index in [1.165, 1.54) is 128 Å². The van der Waals surface area contributed by atoms with Gasteiger partial charge in [0.1, 0.15) is 13.2 Å². The molecule has 0 aliphatic rings. The van der Waals surface area contributed by atoms with Crippen molar-refractivity contribution in [3.05, 3.63) is 134 Å². The van der Waals surface area contributed by atoms with Crippen molar-refractivity contribution in [3.8, 4) is 0 Å². The molecule has 460 valence electrons. The molecule has 81 heavy (non-hydrogen) atoms. The van der Waals surface area contributed by atoms with E-state index in [-0.39, 0.29) is 31.1 Å². The average molecular weight is 1120 g/mol. The number of rotatable bonds is 60.